The van der Waals surface area contributed by atoms with Crippen molar-refractivity contribution in [3.05, 3.63) is 89.4 Å². The van der Waals surface area contributed by atoms with E-state index in [1.807, 2.05) is 71.4 Å². The molecule has 0 radical (unpaired) electrons. The number of pyridine rings is 1. The molecule has 0 bridgehead atoms. The lowest BCUT2D eigenvalue weighted by molar-refractivity contribution is 0.112. The second-order valence-electron chi connectivity index (χ2n) is 6.40. The van der Waals surface area contributed by atoms with Gasteiger partial charge in [-0.2, -0.15) is 5.10 Å². The van der Waals surface area contributed by atoms with E-state index in [1.165, 1.54) is 0 Å². The maximum Gasteiger partial charge on any atom is 0.150 e. The van der Waals surface area contributed by atoms with Crippen LogP contribution in [0, 0.1) is 0 Å². The molecule has 0 fully saturated rings. The van der Waals surface area contributed by atoms with Crippen LogP contribution >= 0.6 is 0 Å². The fourth-order valence-corrected chi connectivity index (χ4v) is 3.09. The van der Waals surface area contributed by atoms with Crippen molar-refractivity contribution in [1.29, 1.82) is 0 Å². The smallest absolute Gasteiger partial charge is 0.150 e. The molecule has 2 heterocycles. The number of aldehydes is 1. The molecule has 2 aromatic heterocycles. The monoisotopic (exact) mass is 369 g/mol. The molecule has 0 atom stereocenters. The van der Waals surface area contributed by atoms with Gasteiger partial charge in [0.15, 0.2) is 0 Å². The molecule has 0 N–H and O–H groups in total. The third kappa shape index (κ3) is 3.69. The van der Waals surface area contributed by atoms with E-state index in [1.54, 1.807) is 19.5 Å². The minimum Gasteiger partial charge on any atom is -0.497 e. The number of rotatable bonds is 6. The van der Waals surface area contributed by atoms with Gasteiger partial charge < -0.3 is 4.74 Å². The average Bonchev–Trinajstić information content (AvgIpc) is 3.10. The van der Waals surface area contributed by atoms with Crippen molar-refractivity contribution >= 4 is 29.3 Å². The molecule has 0 spiro atoms. The van der Waals surface area contributed by atoms with Crippen LogP contribution in [0.1, 0.15) is 27.2 Å². The SMILES string of the molecule is COc1ccc(Cn2nc(C=Cc3ccncc3)c3ccc(C=O)cc32)cc1. The number of ether oxygens (including phenoxy) is 1. The standard InChI is InChI=1S/C23H19N3O2/c1-28-20-6-2-18(3-7-20)15-26-23-14-19(16-27)4-8-21(23)22(25-26)9-5-17-10-12-24-13-11-17/h2-14,16H,15H2,1H3. The van der Waals surface area contributed by atoms with E-state index in [9.17, 15) is 4.79 Å². The molecule has 0 amide bonds. The fraction of sp³-hybridized carbons (Fsp3) is 0.0870. The third-order valence-corrected chi connectivity index (χ3v) is 4.57. The van der Waals surface area contributed by atoms with E-state index in [0.29, 0.717) is 12.1 Å². The van der Waals surface area contributed by atoms with Crippen LogP contribution in [0.5, 0.6) is 5.75 Å². The Bertz CT molecular complexity index is 1130. The summed E-state index contributed by atoms with van der Waals surface area (Å²) in [7, 11) is 1.65. The van der Waals surface area contributed by atoms with Crippen molar-refractivity contribution in [2.75, 3.05) is 7.11 Å². The minimum absolute atomic E-state index is 0.603. The Morgan fingerprint density at radius 3 is 2.46 bits per heavy atom. The Kier molecular flexibility index (Phi) is 4.97. The van der Waals surface area contributed by atoms with E-state index in [4.69, 9.17) is 9.84 Å². The summed E-state index contributed by atoms with van der Waals surface area (Å²) in [6.45, 7) is 0.603. The van der Waals surface area contributed by atoms with Crippen LogP contribution in [0.2, 0.25) is 0 Å². The number of fused-ring (bicyclic) bond motifs is 1. The summed E-state index contributed by atoms with van der Waals surface area (Å²) in [5, 5.41) is 5.79. The maximum atomic E-state index is 11.2. The molecule has 28 heavy (non-hydrogen) atoms. The van der Waals surface area contributed by atoms with E-state index in [2.05, 4.69) is 4.98 Å². The normalized spacial score (nSPS) is 11.2. The molecular weight excluding hydrogens is 350 g/mol. The highest BCUT2D eigenvalue weighted by Crippen LogP contribution is 2.23. The first-order chi connectivity index (χ1) is 13.8. The number of hydrogen-bond donors (Lipinski definition) is 0. The van der Waals surface area contributed by atoms with Crippen LogP contribution in [0.15, 0.2) is 67.0 Å². The topological polar surface area (TPSA) is 57.0 Å². The predicted molar refractivity (Wildman–Crippen MR) is 110 cm³/mol. The first kappa shape index (κ1) is 17.7. The zero-order valence-corrected chi connectivity index (χ0v) is 15.4. The predicted octanol–water partition coefficient (Wildman–Crippen LogP) is 4.47. The van der Waals surface area contributed by atoms with Crippen molar-refractivity contribution in [3.63, 3.8) is 0 Å². The first-order valence-electron chi connectivity index (χ1n) is 8.93. The molecule has 5 nitrogen and oxygen atoms in total. The van der Waals surface area contributed by atoms with Gasteiger partial charge in [-0.3, -0.25) is 14.5 Å². The van der Waals surface area contributed by atoms with Gasteiger partial charge in [0, 0.05) is 23.3 Å². The number of nitrogens with zero attached hydrogens (tertiary/aromatic N) is 3. The van der Waals surface area contributed by atoms with Gasteiger partial charge in [0.2, 0.25) is 0 Å². The molecule has 0 aliphatic heterocycles. The maximum absolute atomic E-state index is 11.2. The second-order valence-corrected chi connectivity index (χ2v) is 6.40. The zero-order chi connectivity index (χ0) is 19.3. The Labute approximate surface area is 162 Å². The van der Waals surface area contributed by atoms with E-state index >= 15 is 0 Å². The summed E-state index contributed by atoms with van der Waals surface area (Å²) in [5.41, 5.74) is 4.57. The molecule has 138 valence electrons. The summed E-state index contributed by atoms with van der Waals surface area (Å²) in [5.74, 6) is 0.818. The van der Waals surface area contributed by atoms with Gasteiger partial charge in [-0.15, -0.1) is 0 Å². The molecular formula is C23H19N3O2. The minimum atomic E-state index is 0.603. The third-order valence-electron chi connectivity index (χ3n) is 4.57. The lowest BCUT2D eigenvalue weighted by Gasteiger charge is -2.05. The summed E-state index contributed by atoms with van der Waals surface area (Å²) in [6, 6.07) is 17.4. The lowest BCUT2D eigenvalue weighted by atomic mass is 10.1. The molecule has 0 saturated heterocycles. The van der Waals surface area contributed by atoms with Gasteiger partial charge in [-0.1, -0.05) is 24.3 Å². The van der Waals surface area contributed by atoms with Crippen molar-refractivity contribution in [3.8, 4) is 5.75 Å². The number of carbonyl (C=O) groups is 1. The number of methoxy groups -OCH3 is 1. The van der Waals surface area contributed by atoms with Crippen LogP contribution in [0.25, 0.3) is 23.1 Å². The van der Waals surface area contributed by atoms with Crippen molar-refractivity contribution in [2.45, 2.75) is 6.54 Å². The van der Waals surface area contributed by atoms with Crippen molar-refractivity contribution < 1.29 is 9.53 Å². The Hall–Kier alpha value is -3.73. The van der Waals surface area contributed by atoms with Gasteiger partial charge in [0.25, 0.3) is 0 Å². The van der Waals surface area contributed by atoms with Crippen LogP contribution in [0.3, 0.4) is 0 Å². The van der Waals surface area contributed by atoms with Gasteiger partial charge in [0.05, 0.1) is 24.9 Å². The summed E-state index contributed by atoms with van der Waals surface area (Å²) < 4.78 is 7.15. The number of aromatic nitrogens is 3. The largest absolute Gasteiger partial charge is 0.497 e. The zero-order valence-electron chi connectivity index (χ0n) is 15.4. The van der Waals surface area contributed by atoms with E-state index in [0.717, 1.165) is 39.8 Å². The first-order valence-corrected chi connectivity index (χ1v) is 8.93. The van der Waals surface area contributed by atoms with Crippen LogP contribution in [0.4, 0.5) is 0 Å². The highest BCUT2D eigenvalue weighted by molar-refractivity contribution is 5.93. The highest BCUT2D eigenvalue weighted by atomic mass is 16.5. The molecule has 0 aliphatic carbocycles. The number of benzene rings is 2. The molecule has 5 heteroatoms. The molecule has 0 saturated carbocycles. The average molecular weight is 369 g/mol. The van der Waals surface area contributed by atoms with Crippen molar-refractivity contribution in [2.24, 2.45) is 0 Å². The van der Waals surface area contributed by atoms with Crippen LogP contribution < -0.4 is 4.74 Å². The molecule has 4 aromatic rings. The fourth-order valence-electron chi connectivity index (χ4n) is 3.09. The molecule has 2 aromatic carbocycles. The Morgan fingerprint density at radius 2 is 1.75 bits per heavy atom. The quantitative estimate of drug-likeness (QED) is 0.471. The van der Waals surface area contributed by atoms with Crippen molar-refractivity contribution in [1.82, 2.24) is 14.8 Å². The van der Waals surface area contributed by atoms with Crippen LogP contribution in [-0.2, 0) is 6.54 Å². The molecule has 4 rings (SSSR count). The van der Waals surface area contributed by atoms with E-state index < -0.39 is 0 Å². The second kappa shape index (κ2) is 7.88. The summed E-state index contributed by atoms with van der Waals surface area (Å²) in [6.07, 6.45) is 8.38. The Balaban J connectivity index is 1.74. The number of hydrogen-bond acceptors (Lipinski definition) is 4. The molecule has 0 aliphatic rings. The summed E-state index contributed by atoms with van der Waals surface area (Å²) >= 11 is 0. The summed E-state index contributed by atoms with van der Waals surface area (Å²) in [4.78, 5) is 15.3. The molecule has 0 unspecified atom stereocenters. The van der Waals surface area contributed by atoms with E-state index in [-0.39, 0.29) is 0 Å². The van der Waals surface area contributed by atoms with Crippen LogP contribution in [-0.4, -0.2) is 28.2 Å². The number of carbonyl (C=O) groups excluding carboxylic acids is 1. The lowest BCUT2D eigenvalue weighted by Crippen LogP contribution is -2.02. The van der Waals surface area contributed by atoms with Gasteiger partial charge in [-0.05, 0) is 53.6 Å². The highest BCUT2D eigenvalue weighted by Gasteiger charge is 2.10. The van der Waals surface area contributed by atoms with Gasteiger partial charge in [0.1, 0.15) is 12.0 Å². The van der Waals surface area contributed by atoms with Gasteiger partial charge >= 0.3 is 0 Å². The Morgan fingerprint density at radius 1 is 0.964 bits per heavy atom. The van der Waals surface area contributed by atoms with Gasteiger partial charge in [-0.25, -0.2) is 0 Å².